The molecule has 2 saturated heterocycles. The van der Waals surface area contributed by atoms with E-state index in [2.05, 4.69) is 6.07 Å². The molecule has 10 heteroatoms. The fraction of sp³-hybridized carbons (Fsp3) is 0.619. The van der Waals surface area contributed by atoms with E-state index in [0.717, 1.165) is 0 Å². The van der Waals surface area contributed by atoms with E-state index >= 15 is 0 Å². The molecular weight excluding hydrogens is 422 g/mol. The maximum Gasteiger partial charge on any atom is 0.308 e. The second-order valence-corrected chi connectivity index (χ2v) is 9.55. The molecule has 0 amide bonds. The molecule has 2 fully saturated rings. The van der Waals surface area contributed by atoms with E-state index in [-0.39, 0.29) is 42.4 Å². The van der Waals surface area contributed by atoms with E-state index in [1.54, 1.807) is 0 Å². The number of fused-ring (bicyclic) bond motifs is 5. The molecule has 31 heavy (non-hydrogen) atoms. The van der Waals surface area contributed by atoms with Gasteiger partial charge in [-0.3, -0.25) is 14.6 Å². The van der Waals surface area contributed by atoms with Crippen LogP contribution in [0, 0.1) is 17.2 Å². The molecule has 4 N–H and O–H groups in total. The summed E-state index contributed by atoms with van der Waals surface area (Å²) in [6, 6.07) is -0.179. The van der Waals surface area contributed by atoms with Gasteiger partial charge in [0.15, 0.2) is 11.5 Å². The standard InChI is InChI=1S/C21H27N3O6S/c1-4-31-20-17(26)9-5-12-16-10(21(28)29)6-11(23(16)2)13(7-22)24(12)14(8-25)15(9)18(27)19(20)30-3/h10-14,16,25-27H,4-6,8H2,1-3H3,(H,28,29)/t10-,11+,12+,13?,14+,16-/m1/s1. The highest BCUT2D eigenvalue weighted by atomic mass is 32.2. The van der Waals surface area contributed by atoms with E-state index < -0.39 is 30.0 Å². The van der Waals surface area contributed by atoms with Crippen LogP contribution in [0.3, 0.4) is 0 Å². The van der Waals surface area contributed by atoms with E-state index in [1.807, 2.05) is 23.8 Å². The van der Waals surface area contributed by atoms with Crippen LogP contribution in [0.25, 0.3) is 0 Å². The van der Waals surface area contributed by atoms with Crippen molar-refractivity contribution < 1.29 is 30.0 Å². The number of likely N-dealkylation sites (N-methyl/N-ethyl adjacent to an activating group) is 1. The zero-order chi connectivity index (χ0) is 22.6. The van der Waals surface area contributed by atoms with Crippen molar-refractivity contribution in [3.05, 3.63) is 11.1 Å². The van der Waals surface area contributed by atoms with Gasteiger partial charge in [-0.05, 0) is 25.6 Å². The van der Waals surface area contributed by atoms with Crippen LogP contribution >= 0.6 is 11.8 Å². The van der Waals surface area contributed by atoms with Gasteiger partial charge in [0.1, 0.15) is 11.8 Å². The number of aliphatic hydroxyl groups excluding tert-OH is 1. The molecule has 0 aliphatic carbocycles. The van der Waals surface area contributed by atoms with Crippen molar-refractivity contribution in [3.8, 4) is 23.3 Å². The molecule has 0 saturated carbocycles. The number of nitriles is 1. The molecule has 0 aromatic heterocycles. The first-order valence-corrected chi connectivity index (χ1v) is 11.3. The Kier molecular flexibility index (Phi) is 5.72. The molecule has 3 heterocycles. The quantitative estimate of drug-likeness (QED) is 0.383. The number of carboxylic acids is 1. The Morgan fingerprint density at radius 3 is 2.58 bits per heavy atom. The number of phenolic OH excluding ortho intramolecular Hbond substituents is 2. The molecule has 1 aromatic rings. The normalized spacial score (nSPS) is 32.2. The van der Waals surface area contributed by atoms with Gasteiger partial charge in [0.2, 0.25) is 0 Å². The average molecular weight is 450 g/mol. The number of benzene rings is 1. The number of hydrogen-bond donors (Lipinski definition) is 4. The third kappa shape index (κ3) is 2.98. The van der Waals surface area contributed by atoms with Gasteiger partial charge in [-0.2, -0.15) is 5.26 Å². The molecule has 168 valence electrons. The number of piperazine rings is 1. The van der Waals surface area contributed by atoms with Gasteiger partial charge >= 0.3 is 5.97 Å². The number of carbonyl (C=O) groups is 1. The van der Waals surface area contributed by atoms with Crippen LogP contribution in [0.2, 0.25) is 0 Å². The minimum atomic E-state index is -0.909. The minimum Gasteiger partial charge on any atom is -0.506 e. The zero-order valence-corrected chi connectivity index (χ0v) is 18.5. The number of aliphatic hydroxyl groups is 1. The monoisotopic (exact) mass is 449 g/mol. The third-order valence-electron chi connectivity index (χ3n) is 7.09. The number of methoxy groups -OCH3 is 1. The van der Waals surface area contributed by atoms with Crippen LogP contribution in [0.4, 0.5) is 0 Å². The summed E-state index contributed by atoms with van der Waals surface area (Å²) in [6.07, 6.45) is 0.602. The Hall–Kier alpha value is -2.19. The number of thioether (sulfide) groups is 1. The highest BCUT2D eigenvalue weighted by Gasteiger charge is 2.60. The van der Waals surface area contributed by atoms with Crippen molar-refractivity contribution in [2.75, 3.05) is 26.5 Å². The Labute approximate surface area is 184 Å². The smallest absolute Gasteiger partial charge is 0.308 e. The number of carboxylic acid groups (broad SMARTS) is 1. The SMILES string of the molecule is CCSc1c(O)c2c(c(O)c1OC)[C@H](CO)N1C(C#N)[C@@H]3C[C@@H](C(=O)O)[C@H]([C@@H]1C2)N3C. The first kappa shape index (κ1) is 22.0. The van der Waals surface area contributed by atoms with Crippen molar-refractivity contribution in [1.29, 1.82) is 5.26 Å². The summed E-state index contributed by atoms with van der Waals surface area (Å²) in [5.74, 6) is -0.937. The fourth-order valence-corrected chi connectivity index (χ4v) is 6.78. The summed E-state index contributed by atoms with van der Waals surface area (Å²) in [5.41, 5.74) is 0.832. The third-order valence-corrected chi connectivity index (χ3v) is 8.04. The second-order valence-electron chi connectivity index (χ2n) is 8.28. The van der Waals surface area contributed by atoms with E-state index in [0.29, 0.717) is 28.2 Å². The molecule has 9 nitrogen and oxygen atoms in total. The predicted octanol–water partition coefficient (Wildman–Crippen LogP) is 1.16. The average Bonchev–Trinajstić information content (AvgIpc) is 3.00. The summed E-state index contributed by atoms with van der Waals surface area (Å²) in [4.78, 5) is 16.3. The number of phenols is 2. The van der Waals surface area contributed by atoms with Crippen LogP contribution < -0.4 is 4.74 Å². The number of aromatic hydroxyl groups is 2. The topological polar surface area (TPSA) is 137 Å². The number of aliphatic carboxylic acids is 1. The Balaban J connectivity index is 1.94. The largest absolute Gasteiger partial charge is 0.506 e. The van der Waals surface area contributed by atoms with Gasteiger partial charge in [0.25, 0.3) is 0 Å². The Morgan fingerprint density at radius 1 is 1.32 bits per heavy atom. The lowest BCUT2D eigenvalue weighted by Crippen LogP contribution is -2.67. The highest BCUT2D eigenvalue weighted by Crippen LogP contribution is 2.56. The molecule has 1 aromatic carbocycles. The molecule has 2 bridgehead atoms. The summed E-state index contributed by atoms with van der Waals surface area (Å²) in [5, 5.41) is 52.4. The lowest BCUT2D eigenvalue weighted by Gasteiger charge is -2.54. The molecular formula is C21H27N3O6S. The maximum atomic E-state index is 12.0. The van der Waals surface area contributed by atoms with Gasteiger partial charge in [0.05, 0.1) is 36.6 Å². The van der Waals surface area contributed by atoms with E-state index in [9.17, 15) is 30.5 Å². The molecule has 0 spiro atoms. The van der Waals surface area contributed by atoms with Crippen molar-refractivity contribution in [1.82, 2.24) is 9.80 Å². The number of ether oxygens (including phenoxy) is 1. The fourth-order valence-electron chi connectivity index (χ4n) is 5.92. The van der Waals surface area contributed by atoms with Crippen LogP contribution in [-0.2, 0) is 11.2 Å². The van der Waals surface area contributed by atoms with Gasteiger partial charge in [-0.15, -0.1) is 11.8 Å². The van der Waals surface area contributed by atoms with Crippen molar-refractivity contribution in [2.45, 2.75) is 54.9 Å². The second kappa shape index (κ2) is 8.06. The van der Waals surface area contributed by atoms with Crippen molar-refractivity contribution in [2.24, 2.45) is 5.92 Å². The van der Waals surface area contributed by atoms with Crippen molar-refractivity contribution in [3.63, 3.8) is 0 Å². The van der Waals surface area contributed by atoms with Crippen LogP contribution in [-0.4, -0.2) is 86.9 Å². The summed E-state index contributed by atoms with van der Waals surface area (Å²) in [6.45, 7) is 1.53. The van der Waals surface area contributed by atoms with Gasteiger partial charge in [0, 0.05) is 29.3 Å². The van der Waals surface area contributed by atoms with Gasteiger partial charge in [-0.25, -0.2) is 0 Å². The summed E-state index contributed by atoms with van der Waals surface area (Å²) >= 11 is 1.34. The lowest BCUT2D eigenvalue weighted by atomic mass is 9.80. The molecule has 3 aliphatic rings. The molecule has 6 atom stereocenters. The Morgan fingerprint density at radius 2 is 2.03 bits per heavy atom. The van der Waals surface area contributed by atoms with Crippen LogP contribution in [0.1, 0.15) is 30.5 Å². The maximum absolute atomic E-state index is 12.0. The van der Waals surface area contributed by atoms with E-state index in [4.69, 9.17) is 4.74 Å². The summed E-state index contributed by atoms with van der Waals surface area (Å²) in [7, 11) is 3.25. The predicted molar refractivity (Wildman–Crippen MR) is 112 cm³/mol. The van der Waals surface area contributed by atoms with Crippen molar-refractivity contribution >= 4 is 17.7 Å². The molecule has 0 radical (unpaired) electrons. The first-order chi connectivity index (χ1) is 14.8. The minimum absolute atomic E-state index is 0.0160. The highest BCUT2D eigenvalue weighted by molar-refractivity contribution is 7.99. The Bertz CT molecular complexity index is 950. The molecule has 3 aliphatic heterocycles. The number of rotatable bonds is 5. The number of nitrogens with zero attached hydrogens (tertiary/aromatic N) is 3. The molecule has 4 rings (SSSR count). The zero-order valence-electron chi connectivity index (χ0n) is 17.6. The number of hydrogen-bond acceptors (Lipinski definition) is 9. The summed E-state index contributed by atoms with van der Waals surface area (Å²) < 4.78 is 5.40. The lowest BCUT2D eigenvalue weighted by molar-refractivity contribution is -0.144. The van der Waals surface area contributed by atoms with Gasteiger partial charge < -0.3 is 25.2 Å². The molecule has 1 unspecified atom stereocenters. The van der Waals surface area contributed by atoms with E-state index in [1.165, 1.54) is 18.9 Å². The first-order valence-electron chi connectivity index (χ1n) is 10.3. The van der Waals surface area contributed by atoms with Crippen LogP contribution in [0.5, 0.6) is 17.2 Å². The van der Waals surface area contributed by atoms with Gasteiger partial charge in [-0.1, -0.05) is 6.92 Å². The van der Waals surface area contributed by atoms with Crippen LogP contribution in [0.15, 0.2) is 4.90 Å².